The molecule has 0 spiro atoms. The first-order chi connectivity index (χ1) is 31.1. The van der Waals surface area contributed by atoms with Crippen molar-refractivity contribution in [3.8, 4) is 0 Å². The van der Waals surface area contributed by atoms with Crippen molar-refractivity contribution in [1.82, 2.24) is 5.32 Å². The molecule has 4 fully saturated rings. The van der Waals surface area contributed by atoms with Crippen LogP contribution in [0, 0.1) is 28.6 Å². The smallest absolute Gasteiger partial charge is 0.223 e. The van der Waals surface area contributed by atoms with Crippen LogP contribution in [-0.2, 0) is 44.7 Å². The Morgan fingerprint density at radius 1 is 0.955 bits per heavy atom. The van der Waals surface area contributed by atoms with Crippen molar-refractivity contribution >= 4 is 46.6 Å². The van der Waals surface area contributed by atoms with Gasteiger partial charge >= 0.3 is 0 Å². The summed E-state index contributed by atoms with van der Waals surface area (Å²) in [4.78, 5) is 77.0. The summed E-state index contributed by atoms with van der Waals surface area (Å²) in [6, 6.07) is 14.4. The Hall–Kier alpha value is -4.21. The molecule has 0 bridgehead atoms. The minimum absolute atomic E-state index is 0.00793. The van der Waals surface area contributed by atoms with Crippen LogP contribution < -0.4 is 5.32 Å². The second kappa shape index (κ2) is 19.1. The van der Waals surface area contributed by atoms with E-state index >= 15 is 8.78 Å². The van der Waals surface area contributed by atoms with Crippen LogP contribution >= 0.6 is 11.8 Å². The molecule has 1 amide bonds. The predicted molar refractivity (Wildman–Crippen MR) is 245 cm³/mol. The fourth-order valence-corrected chi connectivity index (χ4v) is 12.3. The zero-order valence-electron chi connectivity index (χ0n) is 38.8. The average molecular weight is 932 g/mol. The maximum absolute atomic E-state index is 17.8. The topological polar surface area (TPSA) is 173 Å². The molecule has 0 radical (unpaired) electrons. The summed E-state index contributed by atoms with van der Waals surface area (Å²) in [5.74, 6) is -4.10. The molecule has 2 aromatic rings. The van der Waals surface area contributed by atoms with Gasteiger partial charge in [-0.2, -0.15) is 11.8 Å². The van der Waals surface area contributed by atoms with E-state index < -0.39 is 88.7 Å². The Kier molecular flexibility index (Phi) is 14.3. The summed E-state index contributed by atoms with van der Waals surface area (Å²) >= 11 is 1.47. The largest absolute Gasteiger partial charge is 0.390 e. The lowest BCUT2D eigenvalue weighted by Crippen LogP contribution is -2.70. The molecule has 7 rings (SSSR count). The zero-order chi connectivity index (χ0) is 48.1. The van der Waals surface area contributed by atoms with Crippen molar-refractivity contribution in [2.75, 3.05) is 12.9 Å². The number of aliphatic hydroxyl groups is 2. The highest BCUT2D eigenvalue weighted by Crippen LogP contribution is 2.72. The number of aliphatic hydroxyl groups excluding tert-OH is 2. The monoisotopic (exact) mass is 931 g/mol. The summed E-state index contributed by atoms with van der Waals surface area (Å²) in [5.41, 5.74) is -3.66. The van der Waals surface area contributed by atoms with Gasteiger partial charge in [-0.1, -0.05) is 75.4 Å². The van der Waals surface area contributed by atoms with Crippen LogP contribution in [0.2, 0.25) is 0 Å². The highest BCUT2D eigenvalue weighted by molar-refractivity contribution is 7.99. The van der Waals surface area contributed by atoms with Crippen molar-refractivity contribution in [2.24, 2.45) is 28.6 Å². The van der Waals surface area contributed by atoms with Crippen LogP contribution in [0.15, 0.2) is 72.3 Å². The van der Waals surface area contributed by atoms with Gasteiger partial charge in [-0.25, -0.2) is 8.78 Å². The lowest BCUT2D eigenvalue weighted by Gasteiger charge is -2.63. The molecule has 14 atom stereocenters. The number of carbonyl (C=O) groups excluding carboxylic acids is 6. The molecule has 1 saturated heterocycles. The van der Waals surface area contributed by atoms with Gasteiger partial charge in [0.25, 0.3) is 0 Å². The first-order valence-electron chi connectivity index (χ1n) is 23.2. The van der Waals surface area contributed by atoms with Crippen molar-refractivity contribution < 1.29 is 57.2 Å². The Morgan fingerprint density at radius 3 is 2.35 bits per heavy atom. The Balaban J connectivity index is 0.983. The van der Waals surface area contributed by atoms with Crippen LogP contribution in [0.5, 0.6) is 0 Å². The van der Waals surface area contributed by atoms with Crippen LogP contribution in [0.1, 0.15) is 121 Å². The third-order valence-corrected chi connectivity index (χ3v) is 16.9. The first kappa shape index (κ1) is 49.7. The number of nitrogens with one attached hydrogen (secondary N) is 1. The number of hydrogen-bond acceptors (Lipinski definition) is 11. The van der Waals surface area contributed by atoms with Gasteiger partial charge in [0.2, 0.25) is 5.91 Å². The summed E-state index contributed by atoms with van der Waals surface area (Å²) in [7, 11) is 0. The maximum atomic E-state index is 17.8. The molecule has 5 aliphatic rings. The van der Waals surface area contributed by atoms with Crippen molar-refractivity contribution in [3.63, 3.8) is 0 Å². The Morgan fingerprint density at radius 2 is 1.67 bits per heavy atom. The number of alkyl halides is 2. The average Bonchev–Trinajstić information content (AvgIpc) is 3.80. The van der Waals surface area contributed by atoms with Crippen molar-refractivity contribution in [2.45, 2.75) is 146 Å². The van der Waals surface area contributed by atoms with Crippen molar-refractivity contribution in [3.05, 3.63) is 94.6 Å². The minimum Gasteiger partial charge on any atom is -0.390 e. The molecule has 3 N–H and O–H groups in total. The van der Waals surface area contributed by atoms with Crippen molar-refractivity contribution in [1.29, 1.82) is 0 Å². The summed E-state index contributed by atoms with van der Waals surface area (Å²) in [5, 5.41) is 24.8. The molecule has 0 aromatic heterocycles. The second-order valence-electron chi connectivity index (χ2n) is 19.8. The molecular weight excluding hydrogens is 869 g/mol. The number of ketones is 5. The standard InChI is InChI=1S/C52H63F2NO10S/c1-28(20-36(57)12-9-13-42(59)31(4)66-7)47(63)55-30(3)43(60)22-32-10-8-11-35(21-32)29(2)33-14-16-34(17-15-33)48-64-46-25-38-39-24-41(53)40-23-37(58)18-19-49(40,5)51(39,54)44(61)26-50(38,6)52(46,65-48)45(62)27-56/h8,10-11,14-19,21,23,28-31,38-39,41,44,46,48,56,61H,9,12-13,20,22,24-27H2,1-7H3,(H,55,63)/t28-,29-,30+,31?,38+,39+,41+,44+,46-,48-,49+,50+,51+,52-/m1/s1. The Labute approximate surface area is 389 Å². The number of hydrogen-bond donors (Lipinski definition) is 3. The molecule has 356 valence electrons. The van der Waals surface area contributed by atoms with E-state index in [9.17, 15) is 39.0 Å². The van der Waals surface area contributed by atoms with Gasteiger partial charge in [-0.15, -0.1) is 0 Å². The molecule has 1 aliphatic heterocycles. The molecule has 4 aliphatic carbocycles. The van der Waals surface area contributed by atoms with E-state index in [0.29, 0.717) is 18.4 Å². The molecule has 11 nitrogen and oxygen atoms in total. The molecule has 14 heteroatoms. The third-order valence-electron chi connectivity index (χ3n) is 16.0. The summed E-state index contributed by atoms with van der Waals surface area (Å²) in [6.07, 6.45) is 1.08. The minimum atomic E-state index is -2.35. The van der Waals surface area contributed by atoms with Crippen LogP contribution in [-0.4, -0.2) is 98.8 Å². The molecule has 66 heavy (non-hydrogen) atoms. The first-order valence-corrected chi connectivity index (χ1v) is 24.5. The number of fused-ring (bicyclic) bond motifs is 7. The number of rotatable bonds is 18. The number of allylic oxidation sites excluding steroid dienone is 4. The van der Waals surface area contributed by atoms with Crippen LogP contribution in [0.25, 0.3) is 0 Å². The number of Topliss-reactive ketones (excluding diaryl/α,β-unsaturated/α-hetero) is 4. The number of carbonyl (C=O) groups is 6. The van der Waals surface area contributed by atoms with Gasteiger partial charge in [0, 0.05) is 59.8 Å². The summed E-state index contributed by atoms with van der Waals surface area (Å²) < 4.78 is 47.0. The SMILES string of the molecule is CSC(C)C(=O)CCCC(=O)C[C@@H](C)C(=O)N[C@@H](C)C(=O)Cc1cccc([C@H](C)c2ccc([C@@H]3O[C@@H]4C[C@H]5[C@@H]6C[C@H](F)C7=CC(=O)C=C[C@]7(C)[C@@]6(F)[C@@H](O)C[C@]5(C)[C@]4(C(=O)CO)O3)cc2)c1. The van der Waals surface area contributed by atoms with E-state index in [1.165, 1.54) is 30.8 Å². The van der Waals surface area contributed by atoms with Crippen LogP contribution in [0.3, 0.4) is 0 Å². The van der Waals surface area contributed by atoms with E-state index in [4.69, 9.17) is 9.47 Å². The second-order valence-corrected chi connectivity index (χ2v) is 21.0. The normalized spacial score (nSPS) is 33.9. The predicted octanol–water partition coefficient (Wildman–Crippen LogP) is 7.18. The van der Waals surface area contributed by atoms with E-state index in [0.717, 1.165) is 22.8 Å². The van der Waals surface area contributed by atoms with E-state index in [1.807, 2.05) is 68.6 Å². The molecule has 1 heterocycles. The van der Waals surface area contributed by atoms with Crippen LogP contribution in [0.4, 0.5) is 8.78 Å². The molecule has 3 saturated carbocycles. The highest BCUT2D eigenvalue weighted by atomic mass is 32.2. The highest BCUT2D eigenvalue weighted by Gasteiger charge is 2.80. The quantitative estimate of drug-likeness (QED) is 0.138. The number of halogens is 2. The number of benzene rings is 2. The molecular formula is C52H63F2NO10S. The van der Waals surface area contributed by atoms with E-state index in [-0.39, 0.29) is 78.5 Å². The van der Waals surface area contributed by atoms with Gasteiger partial charge in [-0.05, 0) is 93.0 Å². The van der Waals surface area contributed by atoms with E-state index in [2.05, 4.69) is 5.32 Å². The number of amides is 1. The lowest BCUT2D eigenvalue weighted by molar-refractivity contribution is -0.235. The summed E-state index contributed by atoms with van der Waals surface area (Å²) in [6.45, 7) is 9.54. The van der Waals surface area contributed by atoms with Gasteiger partial charge in [-0.3, -0.25) is 28.8 Å². The fraction of sp³-hybridized carbons (Fsp3) is 0.577. The molecule has 1 unspecified atom stereocenters. The lowest BCUT2D eigenvalue weighted by atomic mass is 9.44. The number of thioether (sulfide) groups is 1. The maximum Gasteiger partial charge on any atom is 0.223 e. The van der Waals surface area contributed by atoms with Gasteiger partial charge in [0.05, 0.1) is 23.5 Å². The molecule has 2 aromatic carbocycles. The number of ether oxygens (including phenoxy) is 2. The van der Waals surface area contributed by atoms with E-state index in [1.54, 1.807) is 20.8 Å². The van der Waals surface area contributed by atoms with Gasteiger partial charge in [0.15, 0.2) is 34.9 Å². The Bertz CT molecular complexity index is 2320. The van der Waals surface area contributed by atoms with Gasteiger partial charge < -0.3 is 25.0 Å². The third kappa shape index (κ3) is 8.51. The zero-order valence-corrected chi connectivity index (χ0v) is 39.6. The fourth-order valence-electron chi connectivity index (χ4n) is 11.9. The van der Waals surface area contributed by atoms with Gasteiger partial charge in [0.1, 0.15) is 24.3 Å².